The highest BCUT2D eigenvalue weighted by Gasteiger charge is 2.34. The predicted octanol–water partition coefficient (Wildman–Crippen LogP) is 2.69. The molecule has 2 aromatic carbocycles. The fourth-order valence-electron chi connectivity index (χ4n) is 4.04. The number of aromatic nitrogens is 1. The van der Waals surface area contributed by atoms with Gasteiger partial charge in [-0.3, -0.25) is 9.59 Å². The van der Waals surface area contributed by atoms with Gasteiger partial charge in [0.05, 0.1) is 10.7 Å². The van der Waals surface area contributed by atoms with Crippen LogP contribution in [0.5, 0.6) is 5.75 Å². The van der Waals surface area contributed by atoms with Crippen LogP contribution in [0.25, 0.3) is 10.9 Å². The second kappa shape index (κ2) is 8.05. The molecule has 11 heteroatoms. The summed E-state index contributed by atoms with van der Waals surface area (Å²) in [6.45, 7) is 2.34. The number of aromatic amines is 1. The Balaban J connectivity index is 1.33. The number of para-hydroxylation sites is 1. The van der Waals surface area contributed by atoms with E-state index in [1.807, 2.05) is 24.3 Å². The van der Waals surface area contributed by atoms with E-state index in [1.54, 1.807) is 17.9 Å². The molecule has 0 radical (unpaired) electrons. The fourth-order valence-corrected chi connectivity index (χ4v) is 5.98. The number of carbonyl (C=O) groups excluding carboxylic acids is 2. The van der Waals surface area contributed by atoms with E-state index < -0.39 is 16.1 Å². The summed E-state index contributed by atoms with van der Waals surface area (Å²) < 4.78 is 33.4. The number of ether oxygens (including phenoxy) is 1. The van der Waals surface area contributed by atoms with Gasteiger partial charge in [0.2, 0.25) is 10.0 Å². The molecule has 2 aliphatic rings. The molecule has 3 heterocycles. The maximum atomic E-state index is 13.3. The van der Waals surface area contributed by atoms with Crippen LogP contribution in [0.4, 0.5) is 5.69 Å². The van der Waals surface area contributed by atoms with Gasteiger partial charge in [0.15, 0.2) is 6.10 Å². The Morgan fingerprint density at radius 3 is 2.58 bits per heavy atom. The number of nitrogens with zero attached hydrogens (tertiary/aromatic N) is 2. The van der Waals surface area contributed by atoms with Gasteiger partial charge < -0.3 is 19.9 Å². The van der Waals surface area contributed by atoms with E-state index in [1.165, 1.54) is 16.4 Å². The fraction of sp³-hybridized carbons (Fsp3) is 0.273. The summed E-state index contributed by atoms with van der Waals surface area (Å²) in [6.07, 6.45) is -0.742. The van der Waals surface area contributed by atoms with Crippen molar-refractivity contribution in [2.24, 2.45) is 0 Å². The number of benzene rings is 2. The third-order valence-electron chi connectivity index (χ3n) is 5.87. The van der Waals surface area contributed by atoms with E-state index in [4.69, 9.17) is 16.3 Å². The van der Waals surface area contributed by atoms with Gasteiger partial charge in [-0.2, -0.15) is 4.31 Å². The smallest absolute Gasteiger partial charge is 0.270 e. The van der Waals surface area contributed by atoms with Gasteiger partial charge in [-0.1, -0.05) is 29.8 Å². The normalized spacial score (nSPS) is 19.2. The lowest BCUT2D eigenvalue weighted by molar-refractivity contribution is -0.122. The van der Waals surface area contributed by atoms with Gasteiger partial charge in [-0.05, 0) is 25.1 Å². The average molecular weight is 489 g/mol. The lowest BCUT2D eigenvalue weighted by atomic mass is 10.2. The SMILES string of the molecule is C[C@H]1Oc2cc(S(=O)(=O)N3CCN(C(=O)c4cc5ccccc5[nH]4)CC3)c(Cl)cc2NC1=O. The molecule has 1 saturated heterocycles. The number of halogens is 1. The van der Waals surface area contributed by atoms with Crippen LogP contribution in [0.3, 0.4) is 0 Å². The minimum atomic E-state index is -3.93. The number of hydrogen-bond donors (Lipinski definition) is 2. The molecule has 172 valence electrons. The summed E-state index contributed by atoms with van der Waals surface area (Å²) in [4.78, 5) is 29.4. The molecular formula is C22H21ClN4O5S. The number of amides is 2. The number of H-pyrrole nitrogens is 1. The molecule has 2 aliphatic heterocycles. The zero-order valence-corrected chi connectivity index (χ0v) is 19.2. The molecule has 0 saturated carbocycles. The average Bonchev–Trinajstić information content (AvgIpc) is 3.24. The molecular weight excluding hydrogens is 468 g/mol. The number of rotatable bonds is 3. The Morgan fingerprint density at radius 1 is 1.12 bits per heavy atom. The second-order valence-corrected chi connectivity index (χ2v) is 10.3. The number of hydrogen-bond acceptors (Lipinski definition) is 5. The van der Waals surface area contributed by atoms with E-state index in [0.29, 0.717) is 11.4 Å². The van der Waals surface area contributed by atoms with E-state index in [0.717, 1.165) is 10.9 Å². The first-order valence-electron chi connectivity index (χ1n) is 10.4. The van der Waals surface area contributed by atoms with Crippen molar-refractivity contribution < 1.29 is 22.7 Å². The van der Waals surface area contributed by atoms with Gasteiger partial charge in [-0.15, -0.1) is 0 Å². The highest BCUT2D eigenvalue weighted by Crippen LogP contribution is 2.38. The van der Waals surface area contributed by atoms with Crippen molar-refractivity contribution in [3.05, 3.63) is 53.2 Å². The van der Waals surface area contributed by atoms with Gasteiger partial charge in [0, 0.05) is 43.1 Å². The molecule has 0 aliphatic carbocycles. The lowest BCUT2D eigenvalue weighted by Gasteiger charge is -2.34. The Labute approximate surface area is 195 Å². The number of nitrogens with one attached hydrogen (secondary N) is 2. The Kier molecular flexibility index (Phi) is 5.31. The lowest BCUT2D eigenvalue weighted by Crippen LogP contribution is -2.50. The third-order valence-corrected chi connectivity index (χ3v) is 8.23. The maximum absolute atomic E-state index is 13.3. The van der Waals surface area contributed by atoms with Crippen molar-refractivity contribution in [2.45, 2.75) is 17.9 Å². The molecule has 1 atom stereocenters. The summed E-state index contributed by atoms with van der Waals surface area (Å²) in [5, 5.41) is 3.58. The monoisotopic (exact) mass is 488 g/mol. The first-order chi connectivity index (χ1) is 15.7. The summed E-state index contributed by atoms with van der Waals surface area (Å²) >= 11 is 6.27. The molecule has 33 heavy (non-hydrogen) atoms. The van der Waals surface area contributed by atoms with Crippen molar-refractivity contribution in [3.63, 3.8) is 0 Å². The summed E-state index contributed by atoms with van der Waals surface area (Å²) in [6, 6.07) is 12.1. The number of anilines is 1. The van der Waals surface area contributed by atoms with Crippen LogP contribution in [0, 0.1) is 0 Å². The zero-order valence-electron chi connectivity index (χ0n) is 17.7. The number of carbonyl (C=O) groups is 2. The van der Waals surface area contributed by atoms with Gasteiger partial charge in [0.25, 0.3) is 11.8 Å². The van der Waals surface area contributed by atoms with E-state index >= 15 is 0 Å². The summed E-state index contributed by atoms with van der Waals surface area (Å²) in [7, 11) is -3.93. The Hall–Kier alpha value is -3.08. The van der Waals surface area contributed by atoms with Crippen LogP contribution in [-0.2, 0) is 14.8 Å². The summed E-state index contributed by atoms with van der Waals surface area (Å²) in [5.41, 5.74) is 1.67. The molecule has 3 aromatic rings. The number of fused-ring (bicyclic) bond motifs is 2. The molecule has 1 fully saturated rings. The highest BCUT2D eigenvalue weighted by atomic mass is 35.5. The zero-order chi connectivity index (χ0) is 23.3. The second-order valence-electron chi connectivity index (χ2n) is 7.99. The molecule has 2 amide bonds. The van der Waals surface area contributed by atoms with E-state index in [-0.39, 0.29) is 53.7 Å². The standard InChI is InChI=1S/C22H21ClN4O5S/c1-13-21(28)25-17-11-15(23)20(12-19(17)32-13)33(30,31)27-8-6-26(7-9-27)22(29)18-10-14-4-2-3-5-16(14)24-18/h2-5,10-13,24H,6-9H2,1H3,(H,25,28)/t13-/m1/s1. The van der Waals surface area contributed by atoms with Crippen LogP contribution in [0.1, 0.15) is 17.4 Å². The van der Waals surface area contributed by atoms with Crippen LogP contribution >= 0.6 is 11.6 Å². The number of piperazine rings is 1. The van der Waals surface area contributed by atoms with Crippen molar-refractivity contribution in [3.8, 4) is 5.75 Å². The van der Waals surface area contributed by atoms with Gasteiger partial charge >= 0.3 is 0 Å². The molecule has 5 rings (SSSR count). The van der Waals surface area contributed by atoms with Gasteiger partial charge in [-0.25, -0.2) is 8.42 Å². The molecule has 9 nitrogen and oxygen atoms in total. The van der Waals surface area contributed by atoms with Crippen molar-refractivity contribution in [2.75, 3.05) is 31.5 Å². The minimum Gasteiger partial charge on any atom is -0.479 e. The first kappa shape index (κ1) is 21.7. The van der Waals surface area contributed by atoms with Crippen LogP contribution in [0.15, 0.2) is 47.4 Å². The highest BCUT2D eigenvalue weighted by molar-refractivity contribution is 7.89. The van der Waals surface area contributed by atoms with Crippen LogP contribution in [0.2, 0.25) is 5.02 Å². The van der Waals surface area contributed by atoms with Crippen molar-refractivity contribution >= 4 is 50.0 Å². The first-order valence-corrected chi connectivity index (χ1v) is 12.2. The minimum absolute atomic E-state index is 0.0104. The molecule has 2 N–H and O–H groups in total. The predicted molar refractivity (Wildman–Crippen MR) is 123 cm³/mol. The molecule has 0 bridgehead atoms. The van der Waals surface area contributed by atoms with Crippen LogP contribution in [-0.4, -0.2) is 66.7 Å². The Bertz CT molecular complexity index is 1350. The topological polar surface area (TPSA) is 112 Å². The number of sulfonamides is 1. The van der Waals surface area contributed by atoms with Crippen molar-refractivity contribution in [1.82, 2.24) is 14.2 Å². The quantitative estimate of drug-likeness (QED) is 0.588. The van der Waals surface area contributed by atoms with Crippen molar-refractivity contribution in [1.29, 1.82) is 0 Å². The molecule has 0 spiro atoms. The Morgan fingerprint density at radius 2 is 1.85 bits per heavy atom. The third kappa shape index (κ3) is 3.84. The summed E-state index contributed by atoms with van der Waals surface area (Å²) in [5.74, 6) is -0.254. The van der Waals surface area contributed by atoms with E-state index in [2.05, 4.69) is 10.3 Å². The van der Waals surface area contributed by atoms with Crippen LogP contribution < -0.4 is 10.1 Å². The molecule has 1 aromatic heterocycles. The maximum Gasteiger partial charge on any atom is 0.270 e. The van der Waals surface area contributed by atoms with E-state index in [9.17, 15) is 18.0 Å². The largest absolute Gasteiger partial charge is 0.479 e. The van der Waals surface area contributed by atoms with Gasteiger partial charge in [0.1, 0.15) is 16.3 Å². The molecule has 0 unspecified atom stereocenters.